The van der Waals surface area contributed by atoms with E-state index in [9.17, 15) is 14.0 Å². The summed E-state index contributed by atoms with van der Waals surface area (Å²) in [6.07, 6.45) is 3.15. The minimum atomic E-state index is -0.695. The fraction of sp³-hybridized carbons (Fsp3) is 0.154. The fourth-order valence-corrected chi connectivity index (χ4v) is 3.04. The molecule has 31 heavy (non-hydrogen) atoms. The number of nitrogens with zero attached hydrogens (tertiary/aromatic N) is 1. The first-order valence-electron chi connectivity index (χ1n) is 10.1. The normalized spacial score (nSPS) is 10.7. The maximum atomic E-state index is 13.6. The van der Waals surface area contributed by atoms with Crippen molar-refractivity contribution in [2.24, 2.45) is 0 Å². The Kier molecular flexibility index (Phi) is 8.12. The van der Waals surface area contributed by atoms with Crippen LogP contribution in [0.5, 0.6) is 0 Å². The highest BCUT2D eigenvalue weighted by molar-refractivity contribution is 5.89. The summed E-state index contributed by atoms with van der Waals surface area (Å²) in [6.45, 7) is 0.553. The summed E-state index contributed by atoms with van der Waals surface area (Å²) in [4.78, 5) is 26.4. The standard InChI is InChI=1S/C26H24FNO3/c27-24-14-8-7-13-23(24)15-16-26(30)31-20-25(29)28(19-22-11-5-2-6-12-22)18-17-21-9-3-1-4-10-21/h1-16H,17-20H2/b16-15+. The van der Waals surface area contributed by atoms with Crippen LogP contribution >= 0.6 is 0 Å². The first kappa shape index (κ1) is 22.0. The quantitative estimate of drug-likeness (QED) is 0.376. The molecule has 0 aliphatic heterocycles. The van der Waals surface area contributed by atoms with Gasteiger partial charge >= 0.3 is 5.97 Å². The van der Waals surface area contributed by atoms with Gasteiger partial charge in [0.2, 0.25) is 0 Å². The molecule has 0 radical (unpaired) electrons. The van der Waals surface area contributed by atoms with Crippen LogP contribution < -0.4 is 0 Å². The van der Waals surface area contributed by atoms with Gasteiger partial charge in [-0.05, 0) is 29.7 Å². The maximum absolute atomic E-state index is 13.6. The Labute approximate surface area is 181 Å². The predicted octanol–water partition coefficient (Wildman–Crippen LogP) is 4.65. The predicted molar refractivity (Wildman–Crippen MR) is 118 cm³/mol. The van der Waals surface area contributed by atoms with E-state index in [0.29, 0.717) is 19.5 Å². The van der Waals surface area contributed by atoms with Crippen LogP contribution in [-0.4, -0.2) is 29.9 Å². The monoisotopic (exact) mass is 417 g/mol. The molecule has 0 aliphatic carbocycles. The number of benzene rings is 3. The number of hydrogen-bond donors (Lipinski definition) is 0. The first-order valence-corrected chi connectivity index (χ1v) is 10.1. The second-order valence-electron chi connectivity index (χ2n) is 7.00. The van der Waals surface area contributed by atoms with E-state index < -0.39 is 11.8 Å². The van der Waals surface area contributed by atoms with Crippen molar-refractivity contribution in [3.8, 4) is 0 Å². The van der Waals surface area contributed by atoms with Crippen LogP contribution in [0.15, 0.2) is 91.0 Å². The zero-order valence-electron chi connectivity index (χ0n) is 17.1. The third-order valence-corrected chi connectivity index (χ3v) is 4.72. The molecule has 0 saturated carbocycles. The van der Waals surface area contributed by atoms with Gasteiger partial charge in [-0.1, -0.05) is 78.9 Å². The number of rotatable bonds is 9. The number of amides is 1. The number of esters is 1. The summed E-state index contributed by atoms with van der Waals surface area (Å²) in [5.74, 6) is -1.41. The van der Waals surface area contributed by atoms with Crippen molar-refractivity contribution in [3.63, 3.8) is 0 Å². The Bertz CT molecular complexity index is 1020. The van der Waals surface area contributed by atoms with Crippen molar-refractivity contribution in [2.75, 3.05) is 13.2 Å². The van der Waals surface area contributed by atoms with Gasteiger partial charge in [-0.2, -0.15) is 0 Å². The molecule has 0 aliphatic rings. The van der Waals surface area contributed by atoms with E-state index in [1.54, 1.807) is 23.1 Å². The largest absolute Gasteiger partial charge is 0.452 e. The zero-order chi connectivity index (χ0) is 21.9. The Morgan fingerprint density at radius 3 is 2.13 bits per heavy atom. The fourth-order valence-electron chi connectivity index (χ4n) is 3.04. The maximum Gasteiger partial charge on any atom is 0.331 e. The Balaban J connectivity index is 1.59. The lowest BCUT2D eigenvalue weighted by atomic mass is 10.1. The molecule has 1 amide bonds. The SMILES string of the molecule is O=C(/C=C/c1ccccc1F)OCC(=O)N(CCc1ccccc1)Cc1ccccc1. The van der Waals surface area contributed by atoms with Gasteiger partial charge in [0, 0.05) is 24.7 Å². The average molecular weight is 417 g/mol. The lowest BCUT2D eigenvalue weighted by Gasteiger charge is -2.23. The molecule has 0 aromatic heterocycles. The lowest BCUT2D eigenvalue weighted by molar-refractivity contribution is -0.148. The minimum Gasteiger partial charge on any atom is -0.452 e. The highest BCUT2D eigenvalue weighted by atomic mass is 19.1. The van der Waals surface area contributed by atoms with E-state index >= 15 is 0 Å². The number of hydrogen-bond acceptors (Lipinski definition) is 3. The second-order valence-corrected chi connectivity index (χ2v) is 7.00. The van der Waals surface area contributed by atoms with Gasteiger partial charge in [-0.3, -0.25) is 4.79 Å². The van der Waals surface area contributed by atoms with Gasteiger partial charge in [-0.25, -0.2) is 9.18 Å². The molecule has 0 spiro atoms. The topological polar surface area (TPSA) is 46.6 Å². The van der Waals surface area contributed by atoms with Crippen LogP contribution in [0.2, 0.25) is 0 Å². The number of carbonyl (C=O) groups excluding carboxylic acids is 2. The molecule has 0 fully saturated rings. The Morgan fingerprint density at radius 1 is 0.839 bits per heavy atom. The minimum absolute atomic E-state index is 0.277. The molecule has 3 rings (SSSR count). The molecule has 5 heteroatoms. The molecule has 0 bridgehead atoms. The van der Waals surface area contributed by atoms with E-state index in [4.69, 9.17) is 4.74 Å². The molecule has 0 saturated heterocycles. The van der Waals surface area contributed by atoms with Crippen LogP contribution in [0.25, 0.3) is 6.08 Å². The summed E-state index contributed by atoms with van der Waals surface area (Å²) in [5.41, 5.74) is 2.40. The molecule has 3 aromatic rings. The van der Waals surface area contributed by atoms with Crippen molar-refractivity contribution in [2.45, 2.75) is 13.0 Å². The van der Waals surface area contributed by atoms with E-state index in [0.717, 1.165) is 17.2 Å². The Hall–Kier alpha value is -3.73. The van der Waals surface area contributed by atoms with E-state index in [2.05, 4.69) is 0 Å². The van der Waals surface area contributed by atoms with Crippen LogP contribution in [-0.2, 0) is 27.3 Å². The third kappa shape index (κ3) is 7.23. The molecule has 0 unspecified atom stereocenters. The molecular weight excluding hydrogens is 393 g/mol. The Morgan fingerprint density at radius 2 is 1.45 bits per heavy atom. The molecule has 0 atom stereocenters. The van der Waals surface area contributed by atoms with E-state index in [1.807, 2.05) is 60.7 Å². The zero-order valence-corrected chi connectivity index (χ0v) is 17.1. The van der Waals surface area contributed by atoms with E-state index in [-0.39, 0.29) is 18.1 Å². The third-order valence-electron chi connectivity index (χ3n) is 4.72. The average Bonchev–Trinajstić information content (AvgIpc) is 2.81. The van der Waals surface area contributed by atoms with Crippen LogP contribution in [0.3, 0.4) is 0 Å². The van der Waals surface area contributed by atoms with Crippen LogP contribution in [0.1, 0.15) is 16.7 Å². The molecule has 3 aromatic carbocycles. The summed E-state index contributed by atoms with van der Waals surface area (Å²) in [7, 11) is 0. The van der Waals surface area contributed by atoms with Crippen molar-refractivity contribution in [3.05, 3.63) is 114 Å². The number of ether oxygens (including phenoxy) is 1. The van der Waals surface area contributed by atoms with Crippen molar-refractivity contribution < 1.29 is 18.7 Å². The summed E-state index contributed by atoms with van der Waals surface area (Å²) in [5, 5.41) is 0. The van der Waals surface area contributed by atoms with Crippen molar-refractivity contribution in [1.29, 1.82) is 0 Å². The van der Waals surface area contributed by atoms with Crippen LogP contribution in [0.4, 0.5) is 4.39 Å². The van der Waals surface area contributed by atoms with Gasteiger partial charge in [0.05, 0.1) is 0 Å². The van der Waals surface area contributed by atoms with Crippen molar-refractivity contribution in [1.82, 2.24) is 4.90 Å². The van der Waals surface area contributed by atoms with Gasteiger partial charge in [0.1, 0.15) is 5.82 Å². The van der Waals surface area contributed by atoms with Crippen molar-refractivity contribution >= 4 is 18.0 Å². The van der Waals surface area contributed by atoms with Crippen LogP contribution in [0, 0.1) is 5.82 Å². The molecule has 0 heterocycles. The molecular formula is C26H24FNO3. The highest BCUT2D eigenvalue weighted by Gasteiger charge is 2.16. The highest BCUT2D eigenvalue weighted by Crippen LogP contribution is 2.10. The molecule has 158 valence electrons. The van der Waals surface area contributed by atoms with Gasteiger partial charge in [0.15, 0.2) is 6.61 Å². The molecule has 0 N–H and O–H groups in total. The second kappa shape index (κ2) is 11.5. The number of carbonyl (C=O) groups is 2. The summed E-state index contributed by atoms with van der Waals surface area (Å²) < 4.78 is 18.7. The smallest absolute Gasteiger partial charge is 0.331 e. The summed E-state index contributed by atoms with van der Waals surface area (Å²) >= 11 is 0. The van der Waals surface area contributed by atoms with Gasteiger partial charge < -0.3 is 9.64 Å². The summed E-state index contributed by atoms with van der Waals surface area (Å²) in [6, 6.07) is 25.7. The van der Waals surface area contributed by atoms with Gasteiger partial charge in [0.25, 0.3) is 5.91 Å². The van der Waals surface area contributed by atoms with E-state index in [1.165, 1.54) is 12.1 Å². The van der Waals surface area contributed by atoms with Gasteiger partial charge in [-0.15, -0.1) is 0 Å². The molecule has 4 nitrogen and oxygen atoms in total. The lowest BCUT2D eigenvalue weighted by Crippen LogP contribution is -2.35. The first-order chi connectivity index (χ1) is 15.1. The number of halogens is 1.